The molecule has 0 N–H and O–H groups in total. The third-order valence-electron chi connectivity index (χ3n) is 9.64. The summed E-state index contributed by atoms with van der Waals surface area (Å²) < 4.78 is 5.22. The number of hydrogen-bond acceptors (Lipinski definition) is 3. The van der Waals surface area contributed by atoms with Crippen LogP contribution in [0.15, 0.2) is 176 Å². The highest BCUT2D eigenvalue weighted by molar-refractivity contribution is 7.26. The third kappa shape index (κ3) is 4.74. The Morgan fingerprint density at radius 1 is 0.347 bits per heavy atom. The van der Waals surface area contributed by atoms with E-state index in [1.807, 2.05) is 22.7 Å². The van der Waals surface area contributed by atoms with Crippen molar-refractivity contribution in [2.75, 3.05) is 4.90 Å². The van der Waals surface area contributed by atoms with Crippen LogP contribution in [0.2, 0.25) is 0 Å². The Labute approximate surface area is 292 Å². The maximum absolute atomic E-state index is 2.46. The fourth-order valence-corrected chi connectivity index (χ4v) is 9.66. The van der Waals surface area contributed by atoms with E-state index in [9.17, 15) is 0 Å². The SMILES string of the molecule is c1cc(-c2cccc(N(c3ccc4c(c3)sc3ccccc34)c3cccc4sc5ccccc5c34)c2)cc(-c2cccc3ccccc23)c1. The van der Waals surface area contributed by atoms with Crippen molar-refractivity contribution in [1.29, 1.82) is 0 Å². The van der Waals surface area contributed by atoms with Crippen molar-refractivity contribution in [2.45, 2.75) is 0 Å². The molecule has 230 valence electrons. The van der Waals surface area contributed by atoms with Crippen molar-refractivity contribution in [3.8, 4) is 22.3 Å². The summed E-state index contributed by atoms with van der Waals surface area (Å²) in [7, 11) is 0. The van der Waals surface area contributed by atoms with Gasteiger partial charge in [0.1, 0.15) is 0 Å². The minimum atomic E-state index is 1.14. The van der Waals surface area contributed by atoms with Crippen molar-refractivity contribution in [2.24, 2.45) is 0 Å². The normalized spacial score (nSPS) is 11.7. The molecule has 0 radical (unpaired) electrons. The largest absolute Gasteiger partial charge is 0.310 e. The van der Waals surface area contributed by atoms with Crippen LogP contribution < -0.4 is 4.90 Å². The highest BCUT2D eigenvalue weighted by Gasteiger charge is 2.20. The van der Waals surface area contributed by atoms with Crippen LogP contribution in [0.25, 0.3) is 73.4 Å². The van der Waals surface area contributed by atoms with Gasteiger partial charge in [0.15, 0.2) is 0 Å². The van der Waals surface area contributed by atoms with Crippen LogP contribution in [0.4, 0.5) is 17.1 Å². The fourth-order valence-electron chi connectivity index (χ4n) is 7.39. The molecule has 0 spiro atoms. The highest BCUT2D eigenvalue weighted by Crippen LogP contribution is 2.47. The van der Waals surface area contributed by atoms with Crippen LogP contribution in [0, 0.1) is 0 Å². The second-order valence-electron chi connectivity index (χ2n) is 12.5. The molecule has 1 nitrogen and oxygen atoms in total. The van der Waals surface area contributed by atoms with Crippen LogP contribution in [-0.2, 0) is 0 Å². The zero-order valence-corrected chi connectivity index (χ0v) is 28.1. The maximum Gasteiger partial charge on any atom is 0.0554 e. The summed E-state index contributed by atoms with van der Waals surface area (Å²) in [4.78, 5) is 2.46. The number of nitrogens with zero attached hydrogens (tertiary/aromatic N) is 1. The van der Waals surface area contributed by atoms with Gasteiger partial charge in [0.2, 0.25) is 0 Å². The lowest BCUT2D eigenvalue weighted by molar-refractivity contribution is 1.31. The van der Waals surface area contributed by atoms with E-state index in [0.29, 0.717) is 0 Å². The van der Waals surface area contributed by atoms with E-state index in [2.05, 4.69) is 181 Å². The van der Waals surface area contributed by atoms with E-state index in [-0.39, 0.29) is 0 Å². The molecule has 0 atom stereocenters. The molecule has 0 saturated carbocycles. The molecule has 0 aliphatic carbocycles. The molecule has 0 fully saturated rings. The standard InChI is InChI=1S/C46H29NS2/c1-2-17-36-30(11-1)12-9-20-37(36)33-15-7-13-31(27-33)32-14-8-16-34(28-32)47(35-25-26-39-38-18-3-5-22-42(38)49-45(39)29-35)41-21-10-24-44-46(41)40-19-4-6-23-43(40)48-44/h1-29H. The molecular weight excluding hydrogens is 631 g/mol. The molecule has 0 aliphatic rings. The first-order valence-electron chi connectivity index (χ1n) is 16.6. The third-order valence-corrected chi connectivity index (χ3v) is 11.9. The van der Waals surface area contributed by atoms with Gasteiger partial charge < -0.3 is 4.90 Å². The zero-order valence-electron chi connectivity index (χ0n) is 26.5. The van der Waals surface area contributed by atoms with E-state index in [1.165, 1.54) is 79.1 Å². The molecule has 2 aromatic heterocycles. The number of thiophene rings is 2. The molecule has 0 amide bonds. The van der Waals surface area contributed by atoms with Gasteiger partial charge >= 0.3 is 0 Å². The van der Waals surface area contributed by atoms with Gasteiger partial charge in [0.05, 0.1) is 5.69 Å². The van der Waals surface area contributed by atoms with Gasteiger partial charge in [-0.25, -0.2) is 0 Å². The van der Waals surface area contributed by atoms with Crippen molar-refractivity contribution in [3.63, 3.8) is 0 Å². The summed E-state index contributed by atoms with van der Waals surface area (Å²) in [5, 5.41) is 7.75. The first-order valence-corrected chi connectivity index (χ1v) is 18.2. The molecule has 3 heteroatoms. The first kappa shape index (κ1) is 28.3. The monoisotopic (exact) mass is 659 g/mol. The fraction of sp³-hybridized carbons (Fsp3) is 0. The van der Waals surface area contributed by atoms with Crippen molar-refractivity contribution in [3.05, 3.63) is 176 Å². The van der Waals surface area contributed by atoms with Gasteiger partial charge in [-0.15, -0.1) is 22.7 Å². The molecule has 8 aromatic carbocycles. The average Bonchev–Trinajstić information content (AvgIpc) is 3.73. The summed E-state index contributed by atoms with van der Waals surface area (Å²) in [5.74, 6) is 0. The van der Waals surface area contributed by atoms with Crippen LogP contribution in [0.1, 0.15) is 0 Å². The summed E-state index contributed by atoms with van der Waals surface area (Å²) in [6.45, 7) is 0. The summed E-state index contributed by atoms with van der Waals surface area (Å²) >= 11 is 3.73. The molecule has 10 rings (SSSR count). The highest BCUT2D eigenvalue weighted by atomic mass is 32.1. The Kier molecular flexibility index (Phi) is 6.61. The van der Waals surface area contributed by atoms with E-state index >= 15 is 0 Å². The second kappa shape index (κ2) is 11.5. The molecule has 0 saturated heterocycles. The van der Waals surface area contributed by atoms with Crippen LogP contribution in [0.5, 0.6) is 0 Å². The maximum atomic E-state index is 2.46. The minimum absolute atomic E-state index is 1.14. The number of hydrogen-bond donors (Lipinski definition) is 0. The van der Waals surface area contributed by atoms with Crippen LogP contribution >= 0.6 is 22.7 Å². The summed E-state index contributed by atoms with van der Waals surface area (Å²) in [5.41, 5.74) is 8.35. The molecule has 0 bridgehead atoms. The Bertz CT molecular complexity index is 2850. The van der Waals surface area contributed by atoms with E-state index < -0.39 is 0 Å². The Morgan fingerprint density at radius 2 is 0.939 bits per heavy atom. The smallest absolute Gasteiger partial charge is 0.0554 e. The van der Waals surface area contributed by atoms with Gasteiger partial charge in [0, 0.05) is 51.7 Å². The molecular formula is C46H29NS2. The van der Waals surface area contributed by atoms with Gasteiger partial charge in [0.25, 0.3) is 0 Å². The molecule has 49 heavy (non-hydrogen) atoms. The molecule has 10 aromatic rings. The predicted molar refractivity (Wildman–Crippen MR) is 215 cm³/mol. The lowest BCUT2D eigenvalue weighted by atomic mass is 9.95. The second-order valence-corrected chi connectivity index (χ2v) is 14.7. The molecule has 2 heterocycles. The Balaban J connectivity index is 1.17. The molecule has 0 unspecified atom stereocenters. The summed E-state index contributed by atoms with van der Waals surface area (Å²) in [6, 6.07) is 64.5. The Morgan fingerprint density at radius 3 is 1.84 bits per heavy atom. The minimum Gasteiger partial charge on any atom is -0.310 e. The molecule has 0 aliphatic heterocycles. The number of benzene rings is 8. The van der Waals surface area contributed by atoms with Crippen molar-refractivity contribution < 1.29 is 0 Å². The number of anilines is 3. The van der Waals surface area contributed by atoms with E-state index in [4.69, 9.17) is 0 Å². The van der Waals surface area contributed by atoms with Gasteiger partial charge in [-0.3, -0.25) is 0 Å². The zero-order chi connectivity index (χ0) is 32.3. The van der Waals surface area contributed by atoms with E-state index in [1.54, 1.807) is 0 Å². The van der Waals surface area contributed by atoms with Gasteiger partial charge in [-0.05, 0) is 87.6 Å². The summed E-state index contributed by atoms with van der Waals surface area (Å²) in [6.07, 6.45) is 0. The number of fused-ring (bicyclic) bond motifs is 7. The number of rotatable bonds is 5. The predicted octanol–water partition coefficient (Wildman–Crippen LogP) is 14.4. The van der Waals surface area contributed by atoms with Crippen LogP contribution in [-0.4, -0.2) is 0 Å². The lowest BCUT2D eigenvalue weighted by Gasteiger charge is -2.27. The van der Waals surface area contributed by atoms with Gasteiger partial charge in [-0.1, -0.05) is 121 Å². The van der Waals surface area contributed by atoms with Gasteiger partial charge in [-0.2, -0.15) is 0 Å². The Hall–Kier alpha value is -5.74. The average molecular weight is 660 g/mol. The lowest BCUT2D eigenvalue weighted by Crippen LogP contribution is -2.10. The van der Waals surface area contributed by atoms with Crippen LogP contribution in [0.3, 0.4) is 0 Å². The quantitative estimate of drug-likeness (QED) is 0.178. The first-order chi connectivity index (χ1) is 24.3. The van der Waals surface area contributed by atoms with Crippen molar-refractivity contribution >= 4 is 90.9 Å². The van der Waals surface area contributed by atoms with E-state index in [0.717, 1.165) is 11.4 Å². The topological polar surface area (TPSA) is 3.24 Å². The van der Waals surface area contributed by atoms with Crippen molar-refractivity contribution in [1.82, 2.24) is 0 Å².